The molecule has 0 radical (unpaired) electrons. The second-order valence-electron chi connectivity index (χ2n) is 3.43. The van der Waals surface area contributed by atoms with Gasteiger partial charge in [0.2, 0.25) is 5.29 Å². The molecule has 0 aromatic carbocycles. The molecule has 0 heterocycles. The molecule has 16 heavy (non-hydrogen) atoms. The molecule has 0 aliphatic heterocycles. The molecular formula is C9H11ClF3N3. The van der Waals surface area contributed by atoms with Crippen LogP contribution in [0.2, 0.25) is 0 Å². The third-order valence-electron chi connectivity index (χ3n) is 2.03. The summed E-state index contributed by atoms with van der Waals surface area (Å²) in [7, 11) is 0. The van der Waals surface area contributed by atoms with Gasteiger partial charge in [-0.15, -0.1) is 0 Å². The number of aliphatic imine (C=N–C) groups is 2. The lowest BCUT2D eigenvalue weighted by molar-refractivity contribution is -0.0925. The predicted octanol–water partition coefficient (Wildman–Crippen LogP) is 2.83. The van der Waals surface area contributed by atoms with Crippen LogP contribution in [-0.2, 0) is 0 Å². The number of hydrogen-bond acceptors (Lipinski definition) is 2. The first-order valence-electron chi connectivity index (χ1n) is 4.60. The van der Waals surface area contributed by atoms with Gasteiger partial charge in [0.25, 0.3) is 0 Å². The van der Waals surface area contributed by atoms with Gasteiger partial charge in [0.1, 0.15) is 5.82 Å². The van der Waals surface area contributed by atoms with E-state index in [9.17, 15) is 13.2 Å². The number of allylic oxidation sites excluding steroid dienone is 1. The minimum absolute atomic E-state index is 0.0466. The first-order valence-corrected chi connectivity index (χ1v) is 4.98. The Morgan fingerprint density at radius 3 is 2.38 bits per heavy atom. The van der Waals surface area contributed by atoms with E-state index >= 15 is 0 Å². The zero-order chi connectivity index (χ0) is 12.3. The zero-order valence-corrected chi connectivity index (χ0v) is 9.36. The maximum atomic E-state index is 12.5. The van der Waals surface area contributed by atoms with Gasteiger partial charge in [-0.2, -0.15) is 13.2 Å². The van der Waals surface area contributed by atoms with Crippen molar-refractivity contribution in [3.05, 3.63) is 11.4 Å². The molecule has 0 spiro atoms. The smallest absolute Gasteiger partial charge is 0.367 e. The number of hydrogen-bond donors (Lipinski definition) is 1. The van der Waals surface area contributed by atoms with Crippen LogP contribution in [0.4, 0.5) is 13.2 Å². The summed E-state index contributed by atoms with van der Waals surface area (Å²) in [5.41, 5.74) is -0.818. The molecule has 0 aromatic rings. The lowest BCUT2D eigenvalue weighted by Crippen LogP contribution is -2.22. The Hall–Kier alpha value is -1.04. The molecule has 7 heteroatoms. The molecule has 1 fully saturated rings. The van der Waals surface area contributed by atoms with Crippen LogP contribution in [0.3, 0.4) is 0 Å². The molecule has 0 aromatic heterocycles. The van der Waals surface area contributed by atoms with Crippen molar-refractivity contribution in [2.45, 2.75) is 32.0 Å². The van der Waals surface area contributed by atoms with E-state index in [4.69, 9.17) is 11.6 Å². The summed E-state index contributed by atoms with van der Waals surface area (Å²) < 4.78 is 37.4. The zero-order valence-electron chi connectivity index (χ0n) is 8.60. The lowest BCUT2D eigenvalue weighted by Gasteiger charge is -2.12. The molecule has 1 saturated carbocycles. The fourth-order valence-electron chi connectivity index (χ4n) is 0.907. The molecule has 0 saturated heterocycles. The fourth-order valence-corrected chi connectivity index (χ4v) is 0.992. The van der Waals surface area contributed by atoms with Crippen molar-refractivity contribution in [2.75, 3.05) is 0 Å². The SMILES string of the molecule is C=NC(Cl)=N/C(NC1CC1)=C(\C)C(F)(F)F. The highest BCUT2D eigenvalue weighted by molar-refractivity contribution is 6.65. The third kappa shape index (κ3) is 3.84. The number of alkyl halides is 3. The summed E-state index contributed by atoms with van der Waals surface area (Å²) in [6, 6.07) is 0.0466. The maximum absolute atomic E-state index is 12.5. The molecule has 0 bridgehead atoms. The van der Waals surface area contributed by atoms with E-state index < -0.39 is 11.7 Å². The summed E-state index contributed by atoms with van der Waals surface area (Å²) in [6.07, 6.45) is -2.76. The van der Waals surface area contributed by atoms with E-state index in [1.165, 1.54) is 0 Å². The Balaban J connectivity index is 2.97. The van der Waals surface area contributed by atoms with Gasteiger partial charge in [0, 0.05) is 6.04 Å². The van der Waals surface area contributed by atoms with Gasteiger partial charge in [-0.05, 0) is 38.1 Å². The second kappa shape index (κ2) is 4.86. The van der Waals surface area contributed by atoms with E-state index in [-0.39, 0.29) is 17.2 Å². The van der Waals surface area contributed by atoms with E-state index in [1.54, 1.807) is 0 Å². The van der Waals surface area contributed by atoms with Crippen LogP contribution in [-0.4, -0.2) is 24.2 Å². The third-order valence-corrected chi connectivity index (χ3v) is 2.24. The molecule has 0 amide bonds. The lowest BCUT2D eigenvalue weighted by atomic mass is 10.3. The van der Waals surface area contributed by atoms with Crippen LogP contribution in [0.15, 0.2) is 21.4 Å². The van der Waals surface area contributed by atoms with Gasteiger partial charge in [-0.25, -0.2) is 9.98 Å². The topological polar surface area (TPSA) is 36.8 Å². The second-order valence-corrected chi connectivity index (χ2v) is 3.77. The molecule has 0 unspecified atom stereocenters. The van der Waals surface area contributed by atoms with Crippen LogP contribution in [0.25, 0.3) is 0 Å². The van der Waals surface area contributed by atoms with E-state index in [1.807, 2.05) is 0 Å². The summed E-state index contributed by atoms with van der Waals surface area (Å²) in [4.78, 5) is 6.79. The largest absolute Gasteiger partial charge is 0.415 e. The van der Waals surface area contributed by atoms with Gasteiger partial charge in [-0.1, -0.05) is 0 Å². The number of halogens is 4. The molecule has 0 atom stereocenters. The summed E-state index contributed by atoms with van der Waals surface area (Å²) in [5.74, 6) is -0.285. The monoisotopic (exact) mass is 253 g/mol. The van der Waals surface area contributed by atoms with Crippen LogP contribution in [0.5, 0.6) is 0 Å². The van der Waals surface area contributed by atoms with E-state index in [0.29, 0.717) is 0 Å². The average molecular weight is 254 g/mol. The normalized spacial score (nSPS) is 19.2. The van der Waals surface area contributed by atoms with Gasteiger partial charge >= 0.3 is 6.18 Å². The summed E-state index contributed by atoms with van der Waals surface area (Å²) in [6.45, 7) is 4.03. The van der Waals surface area contributed by atoms with Gasteiger partial charge in [0.15, 0.2) is 0 Å². The Morgan fingerprint density at radius 2 is 2.00 bits per heavy atom. The van der Waals surface area contributed by atoms with Gasteiger partial charge < -0.3 is 5.32 Å². The average Bonchev–Trinajstić information content (AvgIpc) is 2.97. The minimum Gasteiger partial charge on any atom is -0.367 e. The van der Waals surface area contributed by atoms with Crippen molar-refractivity contribution in [1.29, 1.82) is 0 Å². The van der Waals surface area contributed by atoms with Crippen molar-refractivity contribution < 1.29 is 13.2 Å². The predicted molar refractivity (Wildman–Crippen MR) is 57.7 cm³/mol. The van der Waals surface area contributed by atoms with Gasteiger partial charge in [0.05, 0.1) is 5.57 Å². The molecule has 1 aliphatic carbocycles. The Labute approximate surface area is 96.1 Å². The highest BCUT2D eigenvalue weighted by Gasteiger charge is 2.35. The Kier molecular flexibility index (Phi) is 3.96. The maximum Gasteiger partial charge on any atom is 0.415 e. The molecule has 1 N–H and O–H groups in total. The van der Waals surface area contributed by atoms with Crippen LogP contribution < -0.4 is 5.32 Å². The first kappa shape index (κ1) is 13.0. The van der Waals surface area contributed by atoms with Crippen molar-refractivity contribution in [3.8, 4) is 0 Å². The van der Waals surface area contributed by atoms with Crippen LogP contribution >= 0.6 is 11.6 Å². The number of rotatable bonds is 3. The number of nitrogens with one attached hydrogen (secondary N) is 1. The number of nitrogens with zero attached hydrogens (tertiary/aromatic N) is 2. The highest BCUT2D eigenvalue weighted by atomic mass is 35.5. The first-order chi connectivity index (χ1) is 7.34. The minimum atomic E-state index is -4.43. The standard InChI is InChI=1S/C9H11ClF3N3/c1-5(9(11,12)13)7(15-6-3-4-6)16-8(10)14-2/h6,15H,2-4H2,1H3/b7-5+,16-8?. The summed E-state index contributed by atoms with van der Waals surface area (Å²) >= 11 is 5.44. The van der Waals surface area contributed by atoms with E-state index in [2.05, 4.69) is 22.0 Å². The van der Waals surface area contributed by atoms with Gasteiger partial charge in [-0.3, -0.25) is 0 Å². The fraction of sp³-hybridized carbons (Fsp3) is 0.556. The Morgan fingerprint density at radius 1 is 1.44 bits per heavy atom. The van der Waals surface area contributed by atoms with Crippen LogP contribution in [0.1, 0.15) is 19.8 Å². The van der Waals surface area contributed by atoms with E-state index in [0.717, 1.165) is 19.8 Å². The van der Waals surface area contributed by atoms with Crippen molar-refractivity contribution in [3.63, 3.8) is 0 Å². The molecule has 3 nitrogen and oxygen atoms in total. The molecular weight excluding hydrogens is 243 g/mol. The van der Waals surface area contributed by atoms with Crippen molar-refractivity contribution in [2.24, 2.45) is 9.98 Å². The highest BCUT2D eigenvalue weighted by Crippen LogP contribution is 2.29. The van der Waals surface area contributed by atoms with Crippen molar-refractivity contribution >= 4 is 23.6 Å². The van der Waals surface area contributed by atoms with Crippen LogP contribution in [0, 0.1) is 0 Å². The molecule has 90 valence electrons. The Bertz CT molecular complexity index is 342. The summed E-state index contributed by atoms with van der Waals surface area (Å²) in [5, 5.41) is 2.35. The van der Waals surface area contributed by atoms with Crippen molar-refractivity contribution in [1.82, 2.24) is 5.32 Å². The molecule has 1 aliphatic rings. The molecule has 1 rings (SSSR count). The quantitative estimate of drug-likeness (QED) is 0.469. The number of amidine groups is 1.